The number of hydrogen-bond acceptors (Lipinski definition) is 2. The summed E-state index contributed by atoms with van der Waals surface area (Å²) in [5, 5.41) is 1.20. The van der Waals surface area contributed by atoms with E-state index >= 15 is 0 Å². The first-order valence-corrected chi connectivity index (χ1v) is 7.06. The van der Waals surface area contributed by atoms with Crippen LogP contribution < -0.4 is 4.74 Å². The number of hydrogen-bond donors (Lipinski definition) is 1. The molecule has 2 heterocycles. The normalized spacial score (nSPS) is 23.3. The minimum atomic E-state index is -2.40. The number of aromatic amines is 1. The molecular weight excluding hydrogens is 236 g/mol. The van der Waals surface area contributed by atoms with Crippen molar-refractivity contribution in [1.29, 1.82) is 0 Å². The number of ether oxygens (including phenoxy) is 1. The molecule has 1 aliphatic carbocycles. The summed E-state index contributed by atoms with van der Waals surface area (Å²) in [6.45, 7) is 2.24. The molecule has 1 aromatic heterocycles. The van der Waals surface area contributed by atoms with E-state index in [0.29, 0.717) is 5.75 Å². The highest BCUT2D eigenvalue weighted by Gasteiger charge is 2.30. The van der Waals surface area contributed by atoms with Gasteiger partial charge in [0.25, 0.3) is 0 Å². The quantitative estimate of drug-likeness (QED) is 0.898. The molecule has 3 heteroatoms. The molecule has 0 amide bonds. The number of H-pyrrole nitrogens is 1. The molecule has 0 saturated heterocycles. The Morgan fingerprint density at radius 3 is 3.05 bits per heavy atom. The Balaban J connectivity index is 1.62. The fourth-order valence-corrected chi connectivity index (χ4v) is 3.28. The molecule has 2 aromatic rings. The standard InChI is InChI=1S/C16H20N2O/c1-19-12-4-5-13-14-6-8-18(11-2-3-11)9-7-15(14)17-16(13)10-12/h4-5,10-11,17H,2-3,6-9H2,1H3/i1D3. The Morgan fingerprint density at radius 2 is 2.21 bits per heavy atom. The van der Waals surface area contributed by atoms with Crippen LogP contribution in [0.15, 0.2) is 18.2 Å². The van der Waals surface area contributed by atoms with Gasteiger partial charge < -0.3 is 9.72 Å². The molecule has 0 radical (unpaired) electrons. The molecule has 1 fully saturated rings. The van der Waals surface area contributed by atoms with E-state index in [0.717, 1.165) is 37.5 Å². The van der Waals surface area contributed by atoms with Crippen LogP contribution in [-0.4, -0.2) is 36.1 Å². The minimum Gasteiger partial charge on any atom is -0.497 e. The predicted octanol–water partition coefficient (Wildman–Crippen LogP) is 2.74. The highest BCUT2D eigenvalue weighted by molar-refractivity contribution is 5.86. The average Bonchev–Trinajstić information content (AvgIpc) is 3.22. The summed E-state index contributed by atoms with van der Waals surface area (Å²) < 4.78 is 26.6. The number of methoxy groups -OCH3 is 1. The first-order chi connectivity index (χ1) is 10.5. The fraction of sp³-hybridized carbons (Fsp3) is 0.500. The maximum atomic E-state index is 7.20. The van der Waals surface area contributed by atoms with E-state index in [4.69, 9.17) is 8.85 Å². The third kappa shape index (κ3) is 1.93. The molecule has 0 spiro atoms. The summed E-state index contributed by atoms with van der Waals surface area (Å²) >= 11 is 0. The van der Waals surface area contributed by atoms with Crippen molar-refractivity contribution in [2.45, 2.75) is 31.7 Å². The zero-order valence-electron chi connectivity index (χ0n) is 13.9. The lowest BCUT2D eigenvalue weighted by molar-refractivity contribution is 0.277. The largest absolute Gasteiger partial charge is 0.497 e. The van der Waals surface area contributed by atoms with Gasteiger partial charge in [0.2, 0.25) is 0 Å². The Kier molecular flexibility index (Phi) is 1.94. The van der Waals surface area contributed by atoms with Gasteiger partial charge in [0.15, 0.2) is 0 Å². The van der Waals surface area contributed by atoms with Crippen molar-refractivity contribution in [2.24, 2.45) is 0 Å². The van der Waals surface area contributed by atoms with Crippen LogP contribution in [0.5, 0.6) is 5.75 Å². The zero-order valence-corrected chi connectivity index (χ0v) is 10.9. The van der Waals surface area contributed by atoms with Gasteiger partial charge in [0.05, 0.1) is 11.2 Å². The van der Waals surface area contributed by atoms with Crippen molar-refractivity contribution in [3.05, 3.63) is 29.5 Å². The third-order valence-electron chi connectivity index (χ3n) is 4.45. The number of aromatic nitrogens is 1. The van der Waals surface area contributed by atoms with E-state index in [2.05, 4.69) is 9.88 Å². The Labute approximate surface area is 117 Å². The van der Waals surface area contributed by atoms with Crippen LogP contribution >= 0.6 is 0 Å². The number of nitrogens with zero attached hydrogens (tertiary/aromatic N) is 1. The van der Waals surface area contributed by atoms with E-state index in [-0.39, 0.29) is 0 Å². The van der Waals surface area contributed by atoms with E-state index in [1.807, 2.05) is 6.07 Å². The molecule has 0 atom stereocenters. The summed E-state index contributed by atoms with van der Waals surface area (Å²) in [4.78, 5) is 6.07. The lowest BCUT2D eigenvalue weighted by atomic mass is 10.1. The highest BCUT2D eigenvalue weighted by atomic mass is 16.5. The van der Waals surface area contributed by atoms with Crippen LogP contribution in [0.1, 0.15) is 28.2 Å². The van der Waals surface area contributed by atoms with Gasteiger partial charge in [0, 0.05) is 48.2 Å². The van der Waals surface area contributed by atoms with Crippen LogP contribution in [-0.2, 0) is 12.8 Å². The minimum absolute atomic E-state index is 0.392. The topological polar surface area (TPSA) is 28.3 Å². The van der Waals surface area contributed by atoms with Crippen LogP contribution in [0.4, 0.5) is 0 Å². The second kappa shape index (κ2) is 4.27. The summed E-state index contributed by atoms with van der Waals surface area (Å²) in [6.07, 6.45) is 4.80. The van der Waals surface area contributed by atoms with Gasteiger partial charge in [-0.15, -0.1) is 0 Å². The van der Waals surface area contributed by atoms with E-state index in [1.165, 1.54) is 29.5 Å². The molecule has 1 aliphatic heterocycles. The molecule has 1 aromatic carbocycles. The van der Waals surface area contributed by atoms with E-state index in [1.54, 1.807) is 12.1 Å². The maximum absolute atomic E-state index is 7.20. The second-order valence-electron chi connectivity index (χ2n) is 5.66. The van der Waals surface area contributed by atoms with Crippen molar-refractivity contribution in [1.82, 2.24) is 9.88 Å². The van der Waals surface area contributed by atoms with Crippen molar-refractivity contribution in [3.63, 3.8) is 0 Å². The number of nitrogens with one attached hydrogen (secondary N) is 1. The van der Waals surface area contributed by atoms with Gasteiger partial charge in [-0.1, -0.05) is 0 Å². The molecule has 100 valence electrons. The van der Waals surface area contributed by atoms with Gasteiger partial charge in [-0.2, -0.15) is 0 Å². The van der Waals surface area contributed by atoms with Gasteiger partial charge in [-0.25, -0.2) is 0 Å². The predicted molar refractivity (Wildman–Crippen MR) is 76.9 cm³/mol. The molecule has 0 bridgehead atoms. The number of rotatable bonds is 2. The highest BCUT2D eigenvalue weighted by Crippen LogP contribution is 2.32. The van der Waals surface area contributed by atoms with Crippen LogP contribution in [0.2, 0.25) is 0 Å². The SMILES string of the molecule is [2H]C([2H])([2H])Oc1ccc2c3c([nH]c2c1)CCN(C1CC1)CC3. The van der Waals surface area contributed by atoms with Crippen molar-refractivity contribution >= 4 is 10.9 Å². The Morgan fingerprint density at radius 1 is 1.32 bits per heavy atom. The van der Waals surface area contributed by atoms with Crippen LogP contribution in [0.3, 0.4) is 0 Å². The van der Waals surface area contributed by atoms with E-state index < -0.39 is 7.04 Å². The van der Waals surface area contributed by atoms with Crippen molar-refractivity contribution in [2.75, 3.05) is 20.1 Å². The molecule has 19 heavy (non-hydrogen) atoms. The Hall–Kier alpha value is -1.48. The first-order valence-electron chi connectivity index (χ1n) is 8.56. The summed E-state index contributed by atoms with van der Waals surface area (Å²) in [6, 6.07) is 6.36. The van der Waals surface area contributed by atoms with Crippen molar-refractivity contribution < 1.29 is 8.85 Å². The first kappa shape index (κ1) is 8.64. The smallest absolute Gasteiger partial charge is 0.120 e. The van der Waals surface area contributed by atoms with Crippen LogP contribution in [0.25, 0.3) is 10.9 Å². The molecule has 1 N–H and O–H groups in total. The maximum Gasteiger partial charge on any atom is 0.120 e. The van der Waals surface area contributed by atoms with Gasteiger partial charge in [-0.05, 0) is 37.0 Å². The molecule has 0 unspecified atom stereocenters. The second-order valence-corrected chi connectivity index (χ2v) is 5.66. The van der Waals surface area contributed by atoms with Gasteiger partial charge >= 0.3 is 0 Å². The van der Waals surface area contributed by atoms with Crippen LogP contribution in [0, 0.1) is 0 Å². The average molecular weight is 259 g/mol. The molecule has 4 rings (SSSR count). The summed E-state index contributed by atoms with van der Waals surface area (Å²) in [7, 11) is -2.40. The van der Waals surface area contributed by atoms with Gasteiger partial charge in [0.1, 0.15) is 5.75 Å². The number of benzene rings is 1. The molecule has 2 aliphatic rings. The summed E-state index contributed by atoms with van der Waals surface area (Å²) in [5.41, 5.74) is 3.66. The Bertz CT molecular complexity index is 703. The lowest BCUT2D eigenvalue weighted by Gasteiger charge is -2.18. The van der Waals surface area contributed by atoms with Crippen molar-refractivity contribution in [3.8, 4) is 5.75 Å². The monoisotopic (exact) mass is 259 g/mol. The number of fused-ring (bicyclic) bond motifs is 3. The molecule has 3 nitrogen and oxygen atoms in total. The van der Waals surface area contributed by atoms with Gasteiger partial charge in [-0.3, -0.25) is 4.90 Å². The summed E-state index contributed by atoms with van der Waals surface area (Å²) in [5.74, 6) is 0.392. The third-order valence-corrected chi connectivity index (χ3v) is 4.45. The lowest BCUT2D eigenvalue weighted by Crippen LogP contribution is -2.28. The van der Waals surface area contributed by atoms with E-state index in [9.17, 15) is 0 Å². The fourth-order valence-electron chi connectivity index (χ4n) is 3.28. The zero-order chi connectivity index (χ0) is 15.3. The molecular formula is C16H20N2O. The molecule has 1 saturated carbocycles.